The van der Waals surface area contributed by atoms with Crippen molar-refractivity contribution in [3.05, 3.63) is 40.3 Å². The van der Waals surface area contributed by atoms with E-state index in [0.29, 0.717) is 23.3 Å². The first-order valence-corrected chi connectivity index (χ1v) is 15.0. The molecule has 0 N–H and O–H groups in total. The molecular formula is C25H34ClN7O4S. The molecule has 0 spiro atoms. The third kappa shape index (κ3) is 4.76. The van der Waals surface area contributed by atoms with Crippen molar-refractivity contribution in [2.45, 2.75) is 74.5 Å². The molecule has 0 radical (unpaired) electrons. The minimum atomic E-state index is -3.77. The average molecular weight is 564 g/mol. The van der Waals surface area contributed by atoms with E-state index in [1.165, 1.54) is 30.8 Å². The second kappa shape index (κ2) is 10.6. The molecule has 1 saturated carbocycles. The zero-order chi connectivity index (χ0) is 27.1. The van der Waals surface area contributed by atoms with Gasteiger partial charge in [-0.05, 0) is 51.9 Å². The number of rotatable bonds is 10. The summed E-state index contributed by atoms with van der Waals surface area (Å²) >= 11 is 5.92. The Kier molecular flexibility index (Phi) is 7.60. The lowest BCUT2D eigenvalue weighted by Gasteiger charge is -2.43. The second-order valence-electron chi connectivity index (χ2n) is 10.3. The van der Waals surface area contributed by atoms with Crippen LogP contribution in [0.25, 0.3) is 11.5 Å². The predicted octanol–water partition coefficient (Wildman–Crippen LogP) is 3.22. The van der Waals surface area contributed by atoms with Crippen LogP contribution in [-0.4, -0.2) is 69.0 Å². The highest BCUT2D eigenvalue weighted by molar-refractivity contribution is 7.91. The lowest BCUT2D eigenvalue weighted by Crippen LogP contribution is -2.46. The van der Waals surface area contributed by atoms with Crippen molar-refractivity contribution in [2.75, 3.05) is 20.8 Å². The number of halogens is 1. The fraction of sp³-hybridized carbons (Fsp3) is 0.640. The Bertz CT molecular complexity index is 1400. The quantitative estimate of drug-likeness (QED) is 0.365. The molecule has 2 atom stereocenters. The van der Waals surface area contributed by atoms with Crippen molar-refractivity contribution in [3.63, 3.8) is 0 Å². The molecule has 38 heavy (non-hydrogen) atoms. The molecule has 3 heterocycles. The van der Waals surface area contributed by atoms with Crippen LogP contribution in [0.15, 0.2) is 12.4 Å². The molecule has 3 aromatic rings. The van der Waals surface area contributed by atoms with E-state index in [1.54, 1.807) is 14.0 Å². The van der Waals surface area contributed by atoms with Gasteiger partial charge in [-0.25, -0.2) is 18.4 Å². The van der Waals surface area contributed by atoms with Gasteiger partial charge < -0.3 is 14.0 Å². The fourth-order valence-corrected chi connectivity index (χ4v) is 7.29. The summed E-state index contributed by atoms with van der Waals surface area (Å²) in [5, 5.41) is 13.3. The molecule has 2 aliphatic carbocycles. The number of nitrogens with zero attached hydrogens (tertiary/aromatic N) is 7. The molecule has 13 heteroatoms. The van der Waals surface area contributed by atoms with Crippen molar-refractivity contribution in [2.24, 2.45) is 7.05 Å². The van der Waals surface area contributed by atoms with Gasteiger partial charge in [0.15, 0.2) is 21.5 Å². The fourth-order valence-electron chi connectivity index (χ4n) is 5.78. The van der Waals surface area contributed by atoms with Crippen LogP contribution < -0.4 is 0 Å². The molecule has 11 nitrogen and oxygen atoms in total. The molecule has 0 aliphatic heterocycles. The van der Waals surface area contributed by atoms with Crippen LogP contribution in [0, 0.1) is 0 Å². The molecule has 2 aliphatic rings. The van der Waals surface area contributed by atoms with E-state index in [9.17, 15) is 8.42 Å². The molecule has 1 fully saturated rings. The number of aryl methyl sites for hydroxylation is 1. The summed E-state index contributed by atoms with van der Waals surface area (Å²) in [6.45, 7) is 2.04. The highest BCUT2D eigenvalue weighted by Crippen LogP contribution is 2.44. The Morgan fingerprint density at radius 1 is 1.11 bits per heavy atom. The van der Waals surface area contributed by atoms with Crippen LogP contribution in [-0.2, 0) is 50.5 Å². The van der Waals surface area contributed by atoms with Crippen LogP contribution in [0.4, 0.5) is 0 Å². The van der Waals surface area contributed by atoms with Gasteiger partial charge in [-0.15, -0.1) is 10.2 Å². The van der Waals surface area contributed by atoms with E-state index in [0.717, 1.165) is 50.6 Å². The smallest absolute Gasteiger partial charge is 0.185 e. The summed E-state index contributed by atoms with van der Waals surface area (Å²) < 4.78 is 42.7. The lowest BCUT2D eigenvalue weighted by atomic mass is 9.76. The summed E-state index contributed by atoms with van der Waals surface area (Å²) in [5.74, 6) is 0.938. The number of methoxy groups -OCH3 is 2. The van der Waals surface area contributed by atoms with Gasteiger partial charge >= 0.3 is 0 Å². The minimum Gasteiger partial charge on any atom is -0.382 e. The van der Waals surface area contributed by atoms with Gasteiger partial charge in [0.25, 0.3) is 0 Å². The van der Waals surface area contributed by atoms with Gasteiger partial charge in [-0.1, -0.05) is 11.6 Å². The van der Waals surface area contributed by atoms with Gasteiger partial charge in [0, 0.05) is 44.9 Å². The van der Waals surface area contributed by atoms with Crippen molar-refractivity contribution >= 4 is 21.4 Å². The molecule has 0 saturated heterocycles. The van der Waals surface area contributed by atoms with Gasteiger partial charge in [-0.3, -0.25) is 4.68 Å². The van der Waals surface area contributed by atoms with Gasteiger partial charge in [0.1, 0.15) is 23.4 Å². The molecule has 0 unspecified atom stereocenters. The van der Waals surface area contributed by atoms with Gasteiger partial charge in [0.2, 0.25) is 0 Å². The first-order chi connectivity index (χ1) is 18.2. The second-order valence-corrected chi connectivity index (χ2v) is 13.1. The standard InChI is InChI=1S/C25H34ClN7O4S/c1-16(22(37-4)23-27-12-17(26)13-28-23)38(34,35)14-20-29-30-24(33(20)25(15-36-3)10-7-11-25)21-18-8-5-6-9-19(18)32(2)31-21/h12-13,16,22H,5-11,14-15H2,1-4H3/t16-,22-/m0/s1. The SMILES string of the molecule is COCC1(n2c(CS(=O)(=O)[C@@H](C)[C@H](OC)c3ncc(Cl)cn3)nnc2-c2nn(C)c3c2CCCC3)CCC1. The number of hydrogen-bond donors (Lipinski definition) is 0. The maximum Gasteiger partial charge on any atom is 0.185 e. The van der Waals surface area contributed by atoms with E-state index >= 15 is 0 Å². The van der Waals surface area contributed by atoms with E-state index < -0.39 is 26.7 Å². The highest BCUT2D eigenvalue weighted by atomic mass is 35.5. The summed E-state index contributed by atoms with van der Waals surface area (Å²) in [7, 11) is 1.30. The molecule has 0 bridgehead atoms. The van der Waals surface area contributed by atoms with Crippen molar-refractivity contribution in [1.29, 1.82) is 0 Å². The Morgan fingerprint density at radius 3 is 2.45 bits per heavy atom. The Hall–Kier alpha value is -2.41. The Labute approximate surface area is 227 Å². The van der Waals surface area contributed by atoms with Crippen LogP contribution in [0.5, 0.6) is 0 Å². The summed E-state index contributed by atoms with van der Waals surface area (Å²) in [5.41, 5.74) is 2.77. The summed E-state index contributed by atoms with van der Waals surface area (Å²) in [4.78, 5) is 8.38. The molecule has 5 rings (SSSR count). The molecular weight excluding hydrogens is 530 g/mol. The minimum absolute atomic E-state index is 0.255. The van der Waals surface area contributed by atoms with E-state index in [2.05, 4.69) is 20.2 Å². The zero-order valence-electron chi connectivity index (χ0n) is 22.2. The maximum atomic E-state index is 13.8. The van der Waals surface area contributed by atoms with Gasteiger partial charge in [-0.2, -0.15) is 5.10 Å². The third-order valence-corrected chi connectivity index (χ3v) is 10.2. The third-order valence-electron chi connectivity index (χ3n) is 7.95. The summed E-state index contributed by atoms with van der Waals surface area (Å²) in [6, 6.07) is 0. The Balaban J connectivity index is 1.55. The molecule has 0 amide bonds. The molecule has 3 aromatic heterocycles. The van der Waals surface area contributed by atoms with Crippen LogP contribution in [0.3, 0.4) is 0 Å². The normalized spacial score (nSPS) is 18.6. The number of hydrogen-bond acceptors (Lipinski definition) is 9. The topological polar surface area (TPSA) is 127 Å². The number of aromatic nitrogens is 7. The number of sulfone groups is 1. The van der Waals surface area contributed by atoms with E-state index in [-0.39, 0.29) is 11.6 Å². The van der Waals surface area contributed by atoms with Crippen molar-refractivity contribution in [3.8, 4) is 11.5 Å². The maximum absolute atomic E-state index is 13.8. The van der Waals surface area contributed by atoms with E-state index in [4.69, 9.17) is 26.2 Å². The molecule has 0 aromatic carbocycles. The Morgan fingerprint density at radius 2 is 1.82 bits per heavy atom. The number of ether oxygens (including phenoxy) is 2. The average Bonchev–Trinajstić information content (AvgIpc) is 3.43. The van der Waals surface area contributed by atoms with Crippen LogP contribution >= 0.6 is 11.6 Å². The van der Waals surface area contributed by atoms with Crippen LogP contribution in [0.2, 0.25) is 5.02 Å². The van der Waals surface area contributed by atoms with Crippen molar-refractivity contribution in [1.82, 2.24) is 34.5 Å². The van der Waals surface area contributed by atoms with Crippen LogP contribution in [0.1, 0.15) is 68.0 Å². The first kappa shape index (κ1) is 27.2. The first-order valence-electron chi connectivity index (χ1n) is 12.9. The predicted molar refractivity (Wildman–Crippen MR) is 141 cm³/mol. The van der Waals surface area contributed by atoms with Crippen molar-refractivity contribution < 1.29 is 17.9 Å². The largest absolute Gasteiger partial charge is 0.382 e. The number of fused-ring (bicyclic) bond motifs is 1. The van der Waals surface area contributed by atoms with E-state index in [1.807, 2.05) is 16.3 Å². The lowest BCUT2D eigenvalue weighted by molar-refractivity contribution is 0.0266. The molecule has 206 valence electrons. The highest BCUT2D eigenvalue weighted by Gasteiger charge is 2.45. The van der Waals surface area contributed by atoms with Gasteiger partial charge in [0.05, 0.1) is 22.4 Å². The zero-order valence-corrected chi connectivity index (χ0v) is 23.8. The monoisotopic (exact) mass is 563 g/mol. The summed E-state index contributed by atoms with van der Waals surface area (Å²) in [6.07, 6.45) is 8.82.